The monoisotopic (exact) mass is 260 g/mol. The number of amides is 1. The van der Waals surface area contributed by atoms with Gasteiger partial charge in [0.05, 0.1) is 6.04 Å². The number of hydrogen-bond donors (Lipinski definition) is 2. The number of hydrogen-bond acceptors (Lipinski definition) is 3. The van der Waals surface area contributed by atoms with E-state index in [1.807, 2.05) is 12.1 Å². The lowest BCUT2D eigenvalue weighted by atomic mass is 9.99. The van der Waals surface area contributed by atoms with E-state index in [4.69, 9.17) is 4.74 Å². The topological polar surface area (TPSA) is 50.4 Å². The average molecular weight is 260 g/mol. The molecule has 1 amide bonds. The minimum atomic E-state index is -0.245. The first-order valence-electron chi connectivity index (χ1n) is 7.07. The zero-order chi connectivity index (χ0) is 13.1. The van der Waals surface area contributed by atoms with Crippen LogP contribution in [0.25, 0.3) is 0 Å². The molecule has 2 atom stereocenters. The Balaban J connectivity index is 1.58. The summed E-state index contributed by atoms with van der Waals surface area (Å²) in [7, 11) is 0. The zero-order valence-corrected chi connectivity index (χ0v) is 11.0. The van der Waals surface area contributed by atoms with E-state index < -0.39 is 0 Å². The molecule has 2 heterocycles. The summed E-state index contributed by atoms with van der Waals surface area (Å²) in [5.41, 5.74) is 2.45. The zero-order valence-electron chi connectivity index (χ0n) is 11.0. The number of carbonyl (C=O) groups excluding carboxylic acids is 1. The second-order valence-electron chi connectivity index (χ2n) is 5.30. The number of rotatable bonds is 2. The van der Waals surface area contributed by atoms with Crippen LogP contribution in [0.1, 0.15) is 24.8 Å². The molecule has 1 aromatic rings. The van der Waals surface area contributed by atoms with Crippen molar-refractivity contribution >= 4 is 11.6 Å². The smallest absolute Gasteiger partial charge is 0.249 e. The van der Waals surface area contributed by atoms with Crippen LogP contribution < -0.4 is 10.6 Å². The number of ether oxygens (including phenoxy) is 1. The highest BCUT2D eigenvalue weighted by molar-refractivity contribution is 5.81. The van der Waals surface area contributed by atoms with Crippen LogP contribution in [0.5, 0.6) is 0 Å². The van der Waals surface area contributed by atoms with E-state index >= 15 is 0 Å². The van der Waals surface area contributed by atoms with E-state index in [1.54, 1.807) is 0 Å². The van der Waals surface area contributed by atoms with Gasteiger partial charge in [-0.05, 0) is 37.3 Å². The predicted molar refractivity (Wildman–Crippen MR) is 74.2 cm³/mol. The van der Waals surface area contributed by atoms with Gasteiger partial charge < -0.3 is 15.4 Å². The van der Waals surface area contributed by atoms with Gasteiger partial charge in [-0.3, -0.25) is 4.79 Å². The number of fused-ring (bicyclic) bond motifs is 1. The van der Waals surface area contributed by atoms with Crippen molar-refractivity contribution in [2.75, 3.05) is 18.5 Å². The normalized spacial score (nSPS) is 26.1. The quantitative estimate of drug-likeness (QED) is 0.851. The summed E-state index contributed by atoms with van der Waals surface area (Å²) in [5.74, 6) is 0.0471. The first-order chi connectivity index (χ1) is 9.33. The SMILES string of the molecule is O=C(NC1CNc2ccccc2C1)C1CCCCO1. The van der Waals surface area contributed by atoms with E-state index in [0.717, 1.165) is 32.2 Å². The van der Waals surface area contributed by atoms with Gasteiger partial charge in [0.25, 0.3) is 0 Å². The lowest BCUT2D eigenvalue weighted by molar-refractivity contribution is -0.136. The maximum absolute atomic E-state index is 12.1. The fourth-order valence-corrected chi connectivity index (χ4v) is 2.79. The maximum atomic E-state index is 12.1. The van der Waals surface area contributed by atoms with Gasteiger partial charge in [-0.15, -0.1) is 0 Å². The summed E-state index contributed by atoms with van der Waals surface area (Å²) in [4.78, 5) is 12.1. The van der Waals surface area contributed by atoms with E-state index in [2.05, 4.69) is 22.8 Å². The summed E-state index contributed by atoms with van der Waals surface area (Å²) >= 11 is 0. The molecule has 19 heavy (non-hydrogen) atoms. The number of nitrogens with one attached hydrogen (secondary N) is 2. The highest BCUT2D eigenvalue weighted by atomic mass is 16.5. The van der Waals surface area contributed by atoms with Crippen LogP contribution >= 0.6 is 0 Å². The van der Waals surface area contributed by atoms with E-state index in [-0.39, 0.29) is 18.1 Å². The molecule has 2 N–H and O–H groups in total. The molecule has 0 aromatic heterocycles. The van der Waals surface area contributed by atoms with Gasteiger partial charge in [0.15, 0.2) is 0 Å². The van der Waals surface area contributed by atoms with Crippen molar-refractivity contribution in [2.24, 2.45) is 0 Å². The van der Waals surface area contributed by atoms with Gasteiger partial charge in [-0.1, -0.05) is 18.2 Å². The lowest BCUT2D eigenvalue weighted by Gasteiger charge is -2.29. The Bertz CT molecular complexity index is 455. The van der Waals surface area contributed by atoms with Gasteiger partial charge in [-0.25, -0.2) is 0 Å². The van der Waals surface area contributed by atoms with E-state index in [1.165, 1.54) is 11.3 Å². The van der Waals surface area contributed by atoms with Crippen molar-refractivity contribution in [1.82, 2.24) is 5.32 Å². The second kappa shape index (κ2) is 5.61. The Morgan fingerprint density at radius 3 is 3.05 bits per heavy atom. The largest absolute Gasteiger partial charge is 0.383 e. The fourth-order valence-electron chi connectivity index (χ4n) is 2.79. The molecule has 4 heteroatoms. The molecule has 1 fully saturated rings. The first-order valence-corrected chi connectivity index (χ1v) is 7.07. The summed E-state index contributed by atoms with van der Waals surface area (Å²) in [5, 5.41) is 6.47. The van der Waals surface area contributed by atoms with Crippen molar-refractivity contribution in [3.8, 4) is 0 Å². The van der Waals surface area contributed by atoms with Gasteiger partial charge in [0.2, 0.25) is 5.91 Å². The predicted octanol–water partition coefficient (Wildman–Crippen LogP) is 1.71. The minimum Gasteiger partial charge on any atom is -0.383 e. The summed E-state index contributed by atoms with van der Waals surface area (Å²) in [6, 6.07) is 8.42. The van der Waals surface area contributed by atoms with Crippen molar-refractivity contribution in [3.05, 3.63) is 29.8 Å². The lowest BCUT2D eigenvalue weighted by Crippen LogP contribution is -2.48. The summed E-state index contributed by atoms with van der Waals surface area (Å²) in [6.07, 6.45) is 3.65. The Hall–Kier alpha value is -1.55. The average Bonchev–Trinajstić information content (AvgIpc) is 2.48. The Morgan fingerprint density at radius 1 is 1.32 bits per heavy atom. The molecule has 102 valence electrons. The van der Waals surface area contributed by atoms with Crippen LogP contribution in [0.4, 0.5) is 5.69 Å². The molecule has 0 bridgehead atoms. The van der Waals surface area contributed by atoms with E-state index in [0.29, 0.717) is 6.61 Å². The third kappa shape index (κ3) is 2.89. The van der Waals surface area contributed by atoms with Crippen molar-refractivity contribution < 1.29 is 9.53 Å². The van der Waals surface area contributed by atoms with Crippen LogP contribution in [0.15, 0.2) is 24.3 Å². The summed E-state index contributed by atoms with van der Waals surface area (Å²) < 4.78 is 5.52. The molecule has 3 rings (SSSR count). The highest BCUT2D eigenvalue weighted by Crippen LogP contribution is 2.21. The molecule has 0 radical (unpaired) electrons. The van der Waals surface area contributed by atoms with Crippen LogP contribution in [-0.4, -0.2) is 31.2 Å². The van der Waals surface area contributed by atoms with Gasteiger partial charge >= 0.3 is 0 Å². The molecule has 1 saturated heterocycles. The maximum Gasteiger partial charge on any atom is 0.249 e. The van der Waals surface area contributed by atoms with Crippen LogP contribution in [0, 0.1) is 0 Å². The first kappa shape index (κ1) is 12.5. The molecular formula is C15H20N2O2. The molecule has 2 aliphatic rings. The van der Waals surface area contributed by atoms with E-state index in [9.17, 15) is 4.79 Å². The number of anilines is 1. The van der Waals surface area contributed by atoms with Gasteiger partial charge in [0, 0.05) is 18.8 Å². The Morgan fingerprint density at radius 2 is 2.21 bits per heavy atom. The number of carbonyl (C=O) groups is 1. The summed E-state index contributed by atoms with van der Waals surface area (Å²) in [6.45, 7) is 1.50. The number of para-hydroxylation sites is 1. The molecule has 1 aromatic carbocycles. The Labute approximate surface area is 113 Å². The molecule has 2 aliphatic heterocycles. The fraction of sp³-hybridized carbons (Fsp3) is 0.533. The molecule has 0 spiro atoms. The van der Waals surface area contributed by atoms with Gasteiger partial charge in [-0.2, -0.15) is 0 Å². The van der Waals surface area contributed by atoms with Crippen molar-refractivity contribution in [3.63, 3.8) is 0 Å². The van der Waals surface area contributed by atoms with Crippen molar-refractivity contribution in [1.29, 1.82) is 0 Å². The molecule has 0 saturated carbocycles. The second-order valence-corrected chi connectivity index (χ2v) is 5.30. The van der Waals surface area contributed by atoms with Crippen LogP contribution in [-0.2, 0) is 16.0 Å². The standard InChI is InChI=1S/C15H20N2O2/c18-15(14-7-3-4-8-19-14)17-12-9-11-5-1-2-6-13(11)16-10-12/h1-2,5-6,12,14,16H,3-4,7-10H2,(H,17,18). The third-order valence-corrected chi connectivity index (χ3v) is 3.84. The molecule has 0 aliphatic carbocycles. The van der Waals surface area contributed by atoms with Gasteiger partial charge in [0.1, 0.15) is 6.10 Å². The van der Waals surface area contributed by atoms with Crippen LogP contribution in [0.2, 0.25) is 0 Å². The Kier molecular flexibility index (Phi) is 3.69. The van der Waals surface area contributed by atoms with Crippen molar-refractivity contribution in [2.45, 2.75) is 37.8 Å². The number of benzene rings is 1. The molecule has 4 nitrogen and oxygen atoms in total. The molecular weight excluding hydrogens is 240 g/mol. The third-order valence-electron chi connectivity index (χ3n) is 3.84. The minimum absolute atomic E-state index is 0.0471. The van der Waals surface area contributed by atoms with Crippen LogP contribution in [0.3, 0.4) is 0 Å². The highest BCUT2D eigenvalue weighted by Gasteiger charge is 2.26. The molecule has 2 unspecified atom stereocenters.